The Balaban J connectivity index is 2.38. The fourth-order valence-corrected chi connectivity index (χ4v) is 2.45. The van der Waals surface area contributed by atoms with Gasteiger partial charge in [0.1, 0.15) is 0 Å². The van der Waals surface area contributed by atoms with E-state index in [-0.39, 0.29) is 5.69 Å². The summed E-state index contributed by atoms with van der Waals surface area (Å²) in [5.41, 5.74) is 1.39. The predicted molar refractivity (Wildman–Crippen MR) is 64.2 cm³/mol. The number of aryl methyl sites for hydroxylation is 2. The van der Waals surface area contributed by atoms with Gasteiger partial charge in [0, 0.05) is 22.5 Å². The van der Waals surface area contributed by atoms with Gasteiger partial charge in [0.2, 0.25) is 0 Å². The molecule has 0 saturated heterocycles. The van der Waals surface area contributed by atoms with E-state index in [1.54, 1.807) is 10.8 Å². The largest absolute Gasteiger partial charge is 0.348 e. The van der Waals surface area contributed by atoms with Crippen molar-refractivity contribution in [3.8, 4) is 0 Å². The van der Waals surface area contributed by atoms with Gasteiger partial charge in [0.15, 0.2) is 4.47 Å². The first-order chi connectivity index (χ1) is 7.56. The zero-order valence-electron chi connectivity index (χ0n) is 8.90. The molecule has 6 heteroatoms. The van der Waals surface area contributed by atoms with E-state index in [1.807, 2.05) is 19.9 Å². The number of halogens is 1. The molecule has 16 heavy (non-hydrogen) atoms. The first-order valence-electron chi connectivity index (χ1n) is 4.71. The van der Waals surface area contributed by atoms with E-state index >= 15 is 0 Å². The number of aromatic nitrogens is 3. The van der Waals surface area contributed by atoms with Gasteiger partial charge >= 0.3 is 5.69 Å². The van der Waals surface area contributed by atoms with Gasteiger partial charge in [0.05, 0.1) is 6.54 Å². The van der Waals surface area contributed by atoms with Crippen LogP contribution in [0.2, 0.25) is 4.47 Å². The molecule has 0 aliphatic rings. The van der Waals surface area contributed by atoms with Gasteiger partial charge in [-0.05, 0) is 19.9 Å². The highest BCUT2D eigenvalue weighted by atomic mass is 35.5. The van der Waals surface area contributed by atoms with Gasteiger partial charge in [-0.25, -0.2) is 9.78 Å². The van der Waals surface area contributed by atoms with E-state index in [4.69, 9.17) is 11.6 Å². The lowest BCUT2D eigenvalue weighted by molar-refractivity contribution is 0.700. The number of thiazole rings is 1. The molecule has 84 valence electrons. The van der Waals surface area contributed by atoms with Crippen LogP contribution in [0.15, 0.2) is 17.1 Å². The second kappa shape index (κ2) is 4.35. The Labute approximate surface area is 102 Å². The van der Waals surface area contributed by atoms with E-state index in [0.29, 0.717) is 11.0 Å². The molecule has 0 aromatic carbocycles. The maximum Gasteiger partial charge on any atom is 0.348 e. The van der Waals surface area contributed by atoms with E-state index in [0.717, 1.165) is 16.3 Å². The third-order valence-corrected chi connectivity index (χ3v) is 3.29. The summed E-state index contributed by atoms with van der Waals surface area (Å²) >= 11 is 7.11. The van der Waals surface area contributed by atoms with Gasteiger partial charge in [-0.2, -0.15) is 4.98 Å². The lowest BCUT2D eigenvalue weighted by Gasteiger charge is -2.07. The molecule has 0 saturated carbocycles. The van der Waals surface area contributed by atoms with Crippen LogP contribution in [0.3, 0.4) is 0 Å². The molecule has 0 spiro atoms. The third-order valence-electron chi connectivity index (χ3n) is 2.19. The zero-order chi connectivity index (χ0) is 11.7. The molecule has 0 radical (unpaired) electrons. The van der Waals surface area contributed by atoms with Crippen LogP contribution in [0.4, 0.5) is 0 Å². The van der Waals surface area contributed by atoms with E-state index < -0.39 is 0 Å². The molecule has 4 nitrogen and oxygen atoms in total. The highest BCUT2D eigenvalue weighted by Crippen LogP contribution is 2.18. The van der Waals surface area contributed by atoms with Gasteiger partial charge in [-0.3, -0.25) is 4.57 Å². The average molecular weight is 256 g/mol. The minimum absolute atomic E-state index is 0.234. The summed E-state index contributed by atoms with van der Waals surface area (Å²) in [7, 11) is 0. The van der Waals surface area contributed by atoms with Crippen molar-refractivity contribution in [2.24, 2.45) is 0 Å². The third kappa shape index (κ3) is 2.31. The standard InChI is InChI=1S/C10H10ClN3OS/c1-6-3-7(2)14(10(15)13-6)5-8-4-12-9(11)16-8/h3-4H,5H2,1-2H3. The first kappa shape index (κ1) is 11.3. The van der Waals surface area contributed by atoms with Crippen molar-refractivity contribution in [2.45, 2.75) is 20.4 Å². The summed E-state index contributed by atoms with van der Waals surface area (Å²) in [6, 6.07) is 1.88. The minimum atomic E-state index is -0.234. The molecule has 2 heterocycles. The van der Waals surface area contributed by atoms with Gasteiger partial charge in [0.25, 0.3) is 0 Å². The summed E-state index contributed by atoms with van der Waals surface area (Å²) in [5, 5.41) is 0. The van der Waals surface area contributed by atoms with Crippen molar-refractivity contribution in [3.63, 3.8) is 0 Å². The number of hydrogen-bond donors (Lipinski definition) is 0. The molecule has 0 fully saturated rings. The molecule has 2 rings (SSSR count). The summed E-state index contributed by atoms with van der Waals surface area (Å²) in [4.78, 5) is 20.5. The number of rotatable bonds is 2. The Bertz CT molecular complexity index is 576. The molecule has 0 N–H and O–H groups in total. The van der Waals surface area contributed by atoms with Crippen LogP contribution in [-0.2, 0) is 6.54 Å². The van der Waals surface area contributed by atoms with Crippen LogP contribution in [0.25, 0.3) is 0 Å². The van der Waals surface area contributed by atoms with Crippen molar-refractivity contribution in [2.75, 3.05) is 0 Å². The molecular weight excluding hydrogens is 246 g/mol. The minimum Gasteiger partial charge on any atom is -0.291 e. The van der Waals surface area contributed by atoms with Gasteiger partial charge in [-0.1, -0.05) is 11.6 Å². The Hall–Kier alpha value is -1.20. The topological polar surface area (TPSA) is 47.8 Å². The fourth-order valence-electron chi connectivity index (χ4n) is 1.48. The quantitative estimate of drug-likeness (QED) is 0.825. The van der Waals surface area contributed by atoms with Gasteiger partial charge < -0.3 is 0 Å². The molecule has 0 aliphatic heterocycles. The highest BCUT2D eigenvalue weighted by molar-refractivity contribution is 7.15. The van der Waals surface area contributed by atoms with Crippen LogP contribution in [-0.4, -0.2) is 14.5 Å². The van der Waals surface area contributed by atoms with Crippen LogP contribution in [0, 0.1) is 13.8 Å². The summed E-state index contributed by atoms with van der Waals surface area (Å²) in [6.45, 7) is 4.17. The predicted octanol–water partition coefficient (Wildman–Crippen LogP) is 2.02. The molecular formula is C10H10ClN3OS. The van der Waals surface area contributed by atoms with Crippen LogP contribution >= 0.6 is 22.9 Å². The normalized spacial score (nSPS) is 10.7. The maximum absolute atomic E-state index is 11.7. The lowest BCUT2D eigenvalue weighted by atomic mass is 10.3. The maximum atomic E-state index is 11.7. The Kier molecular flexibility index (Phi) is 3.07. The van der Waals surface area contributed by atoms with Crippen molar-refractivity contribution in [1.29, 1.82) is 0 Å². The average Bonchev–Trinajstić information content (AvgIpc) is 2.58. The van der Waals surface area contributed by atoms with Crippen LogP contribution < -0.4 is 5.69 Å². The number of nitrogens with zero attached hydrogens (tertiary/aromatic N) is 3. The molecule has 0 aliphatic carbocycles. The van der Waals surface area contributed by atoms with Crippen molar-refractivity contribution in [3.05, 3.63) is 43.5 Å². The molecule has 0 unspecified atom stereocenters. The lowest BCUT2D eigenvalue weighted by Crippen LogP contribution is -2.25. The van der Waals surface area contributed by atoms with Crippen LogP contribution in [0.5, 0.6) is 0 Å². The second-order valence-corrected chi connectivity index (χ2v) is 5.18. The monoisotopic (exact) mass is 255 g/mol. The van der Waals surface area contributed by atoms with Crippen molar-refractivity contribution >= 4 is 22.9 Å². The zero-order valence-corrected chi connectivity index (χ0v) is 10.5. The molecule has 0 atom stereocenters. The highest BCUT2D eigenvalue weighted by Gasteiger charge is 2.06. The molecule has 0 amide bonds. The molecule has 0 bridgehead atoms. The summed E-state index contributed by atoms with van der Waals surface area (Å²) in [6.07, 6.45) is 1.68. The number of hydrogen-bond acceptors (Lipinski definition) is 4. The van der Waals surface area contributed by atoms with E-state index in [9.17, 15) is 4.79 Å². The Morgan fingerprint density at radius 1 is 1.50 bits per heavy atom. The fraction of sp³-hybridized carbons (Fsp3) is 0.300. The first-order valence-corrected chi connectivity index (χ1v) is 5.91. The smallest absolute Gasteiger partial charge is 0.291 e. The molecule has 2 aromatic rings. The SMILES string of the molecule is Cc1cc(C)n(Cc2cnc(Cl)s2)c(=O)n1. The molecule has 2 aromatic heterocycles. The Morgan fingerprint density at radius 2 is 2.25 bits per heavy atom. The van der Waals surface area contributed by atoms with Crippen molar-refractivity contribution in [1.82, 2.24) is 14.5 Å². The summed E-state index contributed by atoms with van der Waals surface area (Å²) in [5.74, 6) is 0. The van der Waals surface area contributed by atoms with Gasteiger partial charge in [-0.15, -0.1) is 11.3 Å². The van der Waals surface area contributed by atoms with Crippen molar-refractivity contribution < 1.29 is 0 Å². The summed E-state index contributed by atoms with van der Waals surface area (Å²) < 4.78 is 2.09. The second-order valence-electron chi connectivity index (χ2n) is 3.49. The Morgan fingerprint density at radius 3 is 2.81 bits per heavy atom. The van der Waals surface area contributed by atoms with Crippen LogP contribution in [0.1, 0.15) is 16.3 Å². The van der Waals surface area contributed by atoms with E-state index in [2.05, 4.69) is 9.97 Å². The van der Waals surface area contributed by atoms with E-state index in [1.165, 1.54) is 11.3 Å².